The number of thioether (sulfide) groups is 1. The molecule has 0 spiro atoms. The summed E-state index contributed by atoms with van der Waals surface area (Å²) in [6, 6.07) is 14.5. The maximum Gasteiger partial charge on any atom is 0.261 e. The van der Waals surface area contributed by atoms with Crippen molar-refractivity contribution in [2.45, 2.75) is 38.0 Å². The normalized spacial score (nSPS) is 22.4. The third kappa shape index (κ3) is 4.07. The van der Waals surface area contributed by atoms with Crippen molar-refractivity contribution in [3.05, 3.63) is 70.8 Å². The lowest BCUT2D eigenvalue weighted by Gasteiger charge is -2.31. The Morgan fingerprint density at radius 1 is 1.06 bits per heavy atom. The first kappa shape index (κ1) is 21.2. The molecule has 2 aromatic rings. The minimum atomic E-state index is -0.342. The maximum atomic E-state index is 13.5. The number of ether oxygens (including phenoxy) is 1. The number of fused-ring (bicyclic) bond motifs is 1. The molecule has 2 atom stereocenters. The Hall–Kier alpha value is -2.64. The molecular formula is C25H26N2O4S. The van der Waals surface area contributed by atoms with E-state index in [9.17, 15) is 14.4 Å². The van der Waals surface area contributed by atoms with Crippen LogP contribution in [0.15, 0.2) is 48.5 Å². The summed E-state index contributed by atoms with van der Waals surface area (Å²) in [5, 5.41) is 0. The average Bonchev–Trinajstić information content (AvgIpc) is 3.57. The van der Waals surface area contributed by atoms with Crippen molar-refractivity contribution >= 4 is 29.5 Å². The smallest absolute Gasteiger partial charge is 0.261 e. The molecule has 3 amide bonds. The first-order valence-electron chi connectivity index (χ1n) is 11.2. The largest absolute Gasteiger partial charge is 0.376 e. The zero-order valence-electron chi connectivity index (χ0n) is 17.9. The van der Waals surface area contributed by atoms with Crippen LogP contribution >= 0.6 is 11.8 Å². The zero-order chi connectivity index (χ0) is 22.1. The summed E-state index contributed by atoms with van der Waals surface area (Å²) in [5.74, 6) is 1.23. The maximum absolute atomic E-state index is 13.5. The average molecular weight is 451 g/mol. The van der Waals surface area contributed by atoms with Gasteiger partial charge < -0.3 is 9.64 Å². The summed E-state index contributed by atoms with van der Waals surface area (Å²) in [4.78, 5) is 42.6. The van der Waals surface area contributed by atoms with Crippen molar-refractivity contribution in [2.75, 3.05) is 24.7 Å². The number of hydrogen-bond donors (Lipinski definition) is 0. The molecule has 0 radical (unpaired) electrons. The van der Waals surface area contributed by atoms with Gasteiger partial charge in [-0.15, -0.1) is 0 Å². The lowest BCUT2D eigenvalue weighted by Crippen LogP contribution is -2.44. The summed E-state index contributed by atoms with van der Waals surface area (Å²) in [6.07, 6.45) is 3.04. The standard InChI is InChI=1S/C25H26N2O4S/c28-23(26(19-10-12-32-16-19)15-20-7-4-11-31-20)18-8-9-21-22(13-18)25(30)27(24(21)29)14-17-5-2-1-3-6-17/h1-3,5-6,8-9,13,19-20H,4,7,10-12,14-16H2. The van der Waals surface area contributed by atoms with E-state index < -0.39 is 0 Å². The molecule has 3 aliphatic rings. The molecule has 7 heteroatoms. The number of carbonyl (C=O) groups is 3. The molecule has 0 aromatic heterocycles. The molecule has 2 aromatic carbocycles. The molecule has 3 heterocycles. The van der Waals surface area contributed by atoms with E-state index in [1.165, 1.54) is 4.90 Å². The Morgan fingerprint density at radius 2 is 1.88 bits per heavy atom. The number of benzene rings is 2. The molecule has 2 fully saturated rings. The first-order valence-corrected chi connectivity index (χ1v) is 12.3. The van der Waals surface area contributed by atoms with Gasteiger partial charge in [-0.1, -0.05) is 30.3 Å². The molecule has 3 aliphatic heterocycles. The van der Waals surface area contributed by atoms with Crippen molar-refractivity contribution in [1.82, 2.24) is 9.80 Å². The van der Waals surface area contributed by atoms with Crippen LogP contribution < -0.4 is 0 Å². The predicted octanol–water partition coefficient (Wildman–Crippen LogP) is 3.61. The predicted molar refractivity (Wildman–Crippen MR) is 123 cm³/mol. The highest BCUT2D eigenvalue weighted by Gasteiger charge is 2.37. The first-order chi connectivity index (χ1) is 15.6. The van der Waals surface area contributed by atoms with Gasteiger partial charge in [0.25, 0.3) is 17.7 Å². The van der Waals surface area contributed by atoms with Crippen LogP contribution in [0.3, 0.4) is 0 Å². The molecule has 0 saturated carbocycles. The van der Waals surface area contributed by atoms with Crippen LogP contribution in [-0.4, -0.2) is 64.3 Å². The van der Waals surface area contributed by atoms with Gasteiger partial charge in [-0.05, 0) is 48.8 Å². The van der Waals surface area contributed by atoms with Gasteiger partial charge >= 0.3 is 0 Å². The fourth-order valence-electron chi connectivity index (χ4n) is 4.67. The zero-order valence-corrected chi connectivity index (χ0v) is 18.7. The van der Waals surface area contributed by atoms with Gasteiger partial charge in [-0.3, -0.25) is 19.3 Å². The summed E-state index contributed by atoms with van der Waals surface area (Å²) in [6.45, 7) is 1.55. The number of amides is 3. The van der Waals surface area contributed by atoms with E-state index in [0.717, 1.165) is 42.9 Å². The second kappa shape index (κ2) is 9.08. The van der Waals surface area contributed by atoms with E-state index in [1.54, 1.807) is 18.2 Å². The van der Waals surface area contributed by atoms with Crippen molar-refractivity contribution < 1.29 is 19.1 Å². The van der Waals surface area contributed by atoms with Gasteiger partial charge in [-0.2, -0.15) is 11.8 Å². The summed E-state index contributed by atoms with van der Waals surface area (Å²) in [7, 11) is 0. The molecule has 0 bridgehead atoms. The van der Waals surface area contributed by atoms with Gasteiger partial charge in [0.15, 0.2) is 0 Å². The Balaban J connectivity index is 1.39. The Labute approximate surface area is 191 Å². The number of rotatable bonds is 6. The highest BCUT2D eigenvalue weighted by atomic mass is 32.2. The van der Waals surface area contributed by atoms with Crippen LogP contribution in [0, 0.1) is 0 Å². The molecule has 2 unspecified atom stereocenters. The molecule has 6 nitrogen and oxygen atoms in total. The summed E-state index contributed by atoms with van der Waals surface area (Å²) in [5.41, 5.74) is 2.03. The topological polar surface area (TPSA) is 66.9 Å². The number of imide groups is 1. The minimum absolute atomic E-state index is 0.0727. The second-order valence-corrected chi connectivity index (χ2v) is 9.70. The lowest BCUT2D eigenvalue weighted by atomic mass is 10.0. The van der Waals surface area contributed by atoms with E-state index in [4.69, 9.17) is 4.74 Å². The quantitative estimate of drug-likeness (QED) is 0.629. The van der Waals surface area contributed by atoms with E-state index in [0.29, 0.717) is 23.2 Å². The second-order valence-electron chi connectivity index (χ2n) is 8.55. The third-order valence-corrected chi connectivity index (χ3v) is 7.58. The Morgan fingerprint density at radius 3 is 2.59 bits per heavy atom. The van der Waals surface area contributed by atoms with E-state index in [2.05, 4.69) is 0 Å². The van der Waals surface area contributed by atoms with Gasteiger partial charge in [0, 0.05) is 30.5 Å². The molecular weight excluding hydrogens is 424 g/mol. The van der Waals surface area contributed by atoms with E-state index >= 15 is 0 Å². The monoisotopic (exact) mass is 450 g/mol. The Kier molecular flexibility index (Phi) is 6.02. The fraction of sp³-hybridized carbons (Fsp3) is 0.400. The molecule has 5 rings (SSSR count). The molecule has 0 aliphatic carbocycles. The van der Waals surface area contributed by atoms with Gasteiger partial charge in [0.2, 0.25) is 0 Å². The lowest BCUT2D eigenvalue weighted by molar-refractivity contribution is 0.0441. The summed E-state index contributed by atoms with van der Waals surface area (Å²) < 4.78 is 5.80. The number of hydrogen-bond acceptors (Lipinski definition) is 5. The summed E-state index contributed by atoms with van der Waals surface area (Å²) >= 11 is 1.86. The van der Waals surface area contributed by atoms with Crippen molar-refractivity contribution in [3.63, 3.8) is 0 Å². The minimum Gasteiger partial charge on any atom is -0.376 e. The van der Waals surface area contributed by atoms with E-state index in [-0.39, 0.29) is 36.4 Å². The van der Waals surface area contributed by atoms with Crippen molar-refractivity contribution in [3.8, 4) is 0 Å². The number of nitrogens with zero attached hydrogens (tertiary/aromatic N) is 2. The highest BCUT2D eigenvalue weighted by molar-refractivity contribution is 7.99. The third-order valence-electron chi connectivity index (χ3n) is 6.43. The number of carbonyl (C=O) groups excluding carboxylic acids is 3. The SMILES string of the molecule is O=C1c2ccc(C(=O)N(CC3CCCO3)C3CCSC3)cc2C(=O)N1Cc1ccccc1. The van der Waals surface area contributed by atoms with Crippen LogP contribution in [0.4, 0.5) is 0 Å². The van der Waals surface area contributed by atoms with Crippen molar-refractivity contribution in [1.29, 1.82) is 0 Å². The van der Waals surface area contributed by atoms with Crippen LogP contribution in [0.25, 0.3) is 0 Å². The van der Waals surface area contributed by atoms with Crippen LogP contribution in [0.1, 0.15) is 55.9 Å². The van der Waals surface area contributed by atoms with Gasteiger partial charge in [0.05, 0.1) is 23.8 Å². The fourth-order valence-corrected chi connectivity index (χ4v) is 5.90. The molecule has 0 N–H and O–H groups in total. The molecule has 2 saturated heterocycles. The molecule has 166 valence electrons. The Bertz CT molecular complexity index is 1030. The van der Waals surface area contributed by atoms with Crippen LogP contribution in [0.2, 0.25) is 0 Å². The van der Waals surface area contributed by atoms with Crippen molar-refractivity contribution in [2.24, 2.45) is 0 Å². The molecule has 32 heavy (non-hydrogen) atoms. The van der Waals surface area contributed by atoms with Crippen LogP contribution in [0.5, 0.6) is 0 Å². The highest BCUT2D eigenvalue weighted by Crippen LogP contribution is 2.29. The van der Waals surface area contributed by atoms with E-state index in [1.807, 2.05) is 47.0 Å². The van der Waals surface area contributed by atoms with Gasteiger partial charge in [0.1, 0.15) is 0 Å². The van der Waals surface area contributed by atoms with Gasteiger partial charge in [-0.25, -0.2) is 0 Å². The van der Waals surface area contributed by atoms with Crippen LogP contribution in [-0.2, 0) is 11.3 Å².